The summed E-state index contributed by atoms with van der Waals surface area (Å²) in [6, 6.07) is 8.93. The zero-order valence-corrected chi connectivity index (χ0v) is 15.7. The molecular formula is C19H22N4O4. The maximum absolute atomic E-state index is 12.3. The van der Waals surface area contributed by atoms with Crippen molar-refractivity contribution in [3.63, 3.8) is 0 Å². The van der Waals surface area contributed by atoms with Crippen LogP contribution in [0.2, 0.25) is 0 Å². The third-order valence-corrected chi connectivity index (χ3v) is 4.00. The highest BCUT2D eigenvalue weighted by Gasteiger charge is 2.15. The van der Waals surface area contributed by atoms with E-state index in [-0.39, 0.29) is 18.1 Å². The number of nitro groups is 1. The average molecular weight is 370 g/mol. The molecule has 0 radical (unpaired) electrons. The van der Waals surface area contributed by atoms with Crippen LogP contribution in [0, 0.1) is 30.9 Å². The van der Waals surface area contributed by atoms with Gasteiger partial charge in [0.15, 0.2) is 0 Å². The van der Waals surface area contributed by atoms with E-state index in [0.717, 1.165) is 22.4 Å². The van der Waals surface area contributed by atoms with Gasteiger partial charge in [-0.1, -0.05) is 17.7 Å². The van der Waals surface area contributed by atoms with Gasteiger partial charge >= 0.3 is 6.03 Å². The number of amides is 3. The number of anilines is 2. The largest absolute Gasteiger partial charge is 0.324 e. The molecule has 2 aromatic carbocycles. The zero-order chi connectivity index (χ0) is 20.1. The van der Waals surface area contributed by atoms with E-state index in [0.29, 0.717) is 5.69 Å². The van der Waals surface area contributed by atoms with Gasteiger partial charge in [-0.3, -0.25) is 14.9 Å². The van der Waals surface area contributed by atoms with Crippen molar-refractivity contribution in [3.8, 4) is 0 Å². The number of carbonyl (C=O) groups excluding carboxylic acids is 2. The normalized spacial score (nSPS) is 10.2. The van der Waals surface area contributed by atoms with Crippen molar-refractivity contribution in [1.29, 1.82) is 0 Å². The summed E-state index contributed by atoms with van der Waals surface area (Å²) >= 11 is 0. The lowest BCUT2D eigenvalue weighted by Gasteiger charge is -2.19. The Morgan fingerprint density at radius 2 is 1.59 bits per heavy atom. The maximum Gasteiger partial charge on any atom is 0.322 e. The van der Waals surface area contributed by atoms with Gasteiger partial charge in [0.25, 0.3) is 5.69 Å². The Balaban J connectivity index is 1.95. The van der Waals surface area contributed by atoms with Crippen LogP contribution in [-0.2, 0) is 4.79 Å². The van der Waals surface area contributed by atoms with Gasteiger partial charge < -0.3 is 15.5 Å². The first-order chi connectivity index (χ1) is 12.7. The van der Waals surface area contributed by atoms with Gasteiger partial charge in [-0.05, 0) is 44.0 Å². The van der Waals surface area contributed by atoms with Gasteiger partial charge in [0.2, 0.25) is 5.91 Å². The summed E-state index contributed by atoms with van der Waals surface area (Å²) in [6.07, 6.45) is 0. The second kappa shape index (κ2) is 8.31. The molecule has 0 aromatic heterocycles. The predicted octanol–water partition coefficient (Wildman–Crippen LogP) is 3.62. The van der Waals surface area contributed by atoms with Crippen LogP contribution in [-0.4, -0.2) is 35.4 Å². The quantitative estimate of drug-likeness (QED) is 0.619. The van der Waals surface area contributed by atoms with Gasteiger partial charge in [-0.15, -0.1) is 0 Å². The Hall–Kier alpha value is -3.42. The number of hydrogen-bond acceptors (Lipinski definition) is 4. The van der Waals surface area contributed by atoms with Crippen LogP contribution >= 0.6 is 0 Å². The molecule has 0 saturated carbocycles. The first kappa shape index (κ1) is 19.9. The third-order valence-electron chi connectivity index (χ3n) is 4.00. The van der Waals surface area contributed by atoms with Gasteiger partial charge in [-0.2, -0.15) is 0 Å². The molecule has 8 nitrogen and oxygen atoms in total. The second-order valence-electron chi connectivity index (χ2n) is 6.41. The molecular weight excluding hydrogens is 348 g/mol. The molecule has 0 atom stereocenters. The molecule has 0 aliphatic rings. The molecule has 2 aromatic rings. The van der Waals surface area contributed by atoms with Crippen molar-refractivity contribution < 1.29 is 14.5 Å². The first-order valence-corrected chi connectivity index (χ1v) is 8.31. The van der Waals surface area contributed by atoms with E-state index in [9.17, 15) is 19.7 Å². The second-order valence-corrected chi connectivity index (χ2v) is 6.41. The number of nitrogens with zero attached hydrogens (tertiary/aromatic N) is 2. The van der Waals surface area contributed by atoms with Crippen LogP contribution in [0.25, 0.3) is 0 Å². The molecule has 0 aliphatic heterocycles. The van der Waals surface area contributed by atoms with Crippen LogP contribution in [0.15, 0.2) is 36.4 Å². The molecule has 0 bridgehead atoms. The highest BCUT2D eigenvalue weighted by Crippen LogP contribution is 2.22. The Morgan fingerprint density at radius 1 is 1.04 bits per heavy atom. The molecule has 0 fully saturated rings. The lowest BCUT2D eigenvalue weighted by atomic mass is 10.1. The molecule has 0 spiro atoms. The van der Waals surface area contributed by atoms with Crippen molar-refractivity contribution in [2.45, 2.75) is 20.8 Å². The smallest absolute Gasteiger partial charge is 0.322 e. The molecule has 2 N–H and O–H groups in total. The molecule has 0 saturated heterocycles. The summed E-state index contributed by atoms with van der Waals surface area (Å²) in [5, 5.41) is 16.1. The molecule has 0 unspecified atom stereocenters. The van der Waals surface area contributed by atoms with Crippen molar-refractivity contribution in [2.75, 3.05) is 24.2 Å². The summed E-state index contributed by atoms with van der Waals surface area (Å²) in [4.78, 5) is 35.8. The molecule has 3 amide bonds. The van der Waals surface area contributed by atoms with Crippen LogP contribution in [0.1, 0.15) is 16.7 Å². The fraction of sp³-hybridized carbons (Fsp3) is 0.263. The summed E-state index contributed by atoms with van der Waals surface area (Å²) in [7, 11) is 1.50. The van der Waals surface area contributed by atoms with E-state index in [1.807, 2.05) is 32.9 Å². The lowest BCUT2D eigenvalue weighted by molar-refractivity contribution is -0.384. The van der Waals surface area contributed by atoms with Crippen LogP contribution in [0.4, 0.5) is 21.9 Å². The molecule has 0 aliphatic carbocycles. The van der Waals surface area contributed by atoms with Crippen molar-refractivity contribution in [3.05, 3.63) is 63.2 Å². The number of non-ortho nitro benzene ring substituents is 1. The summed E-state index contributed by atoms with van der Waals surface area (Å²) in [5.74, 6) is -0.314. The number of aryl methyl sites for hydroxylation is 3. The minimum absolute atomic E-state index is 0.0652. The average Bonchev–Trinajstić information content (AvgIpc) is 2.58. The SMILES string of the molecule is Cc1cc(C)c(NC(=O)CN(C)C(=O)Nc2ccc([N+](=O)[O-])cc2)c(C)c1. The number of likely N-dealkylation sites (N-methyl/N-ethyl adjacent to an activating group) is 1. The van der Waals surface area contributed by atoms with E-state index >= 15 is 0 Å². The molecule has 142 valence electrons. The number of nitrogens with one attached hydrogen (secondary N) is 2. The zero-order valence-electron chi connectivity index (χ0n) is 15.7. The van der Waals surface area contributed by atoms with Crippen LogP contribution in [0.5, 0.6) is 0 Å². The van der Waals surface area contributed by atoms with E-state index in [2.05, 4.69) is 10.6 Å². The third kappa shape index (κ3) is 5.27. The van der Waals surface area contributed by atoms with Crippen molar-refractivity contribution in [2.24, 2.45) is 0 Å². The van der Waals surface area contributed by atoms with Gasteiger partial charge in [0.1, 0.15) is 6.54 Å². The van der Waals surface area contributed by atoms with E-state index in [1.165, 1.54) is 36.2 Å². The number of hydrogen-bond donors (Lipinski definition) is 2. The molecule has 2 rings (SSSR count). The summed E-state index contributed by atoms with van der Waals surface area (Å²) in [5.41, 5.74) is 4.11. The van der Waals surface area contributed by atoms with Crippen LogP contribution in [0.3, 0.4) is 0 Å². The van der Waals surface area contributed by atoms with E-state index in [4.69, 9.17) is 0 Å². The molecule has 0 heterocycles. The number of rotatable bonds is 5. The van der Waals surface area contributed by atoms with E-state index in [1.54, 1.807) is 0 Å². The standard InChI is InChI=1S/C19H22N4O4/c1-12-9-13(2)18(14(3)10-12)21-17(24)11-22(4)19(25)20-15-5-7-16(8-6-15)23(26)27/h5-10H,11H2,1-4H3,(H,20,25)(H,21,24). The number of carbonyl (C=O) groups is 2. The summed E-state index contributed by atoms with van der Waals surface area (Å²) < 4.78 is 0. The number of nitro benzene ring substituents is 1. The van der Waals surface area contributed by atoms with E-state index < -0.39 is 11.0 Å². The Labute approximate surface area is 157 Å². The predicted molar refractivity (Wildman–Crippen MR) is 104 cm³/mol. The fourth-order valence-corrected chi connectivity index (χ4v) is 2.73. The van der Waals surface area contributed by atoms with Gasteiger partial charge in [0.05, 0.1) is 4.92 Å². The number of benzene rings is 2. The highest BCUT2D eigenvalue weighted by atomic mass is 16.6. The van der Waals surface area contributed by atoms with Crippen LogP contribution < -0.4 is 10.6 Å². The fourth-order valence-electron chi connectivity index (χ4n) is 2.73. The van der Waals surface area contributed by atoms with Gasteiger partial charge in [0, 0.05) is 30.6 Å². The minimum Gasteiger partial charge on any atom is -0.324 e. The molecule has 8 heteroatoms. The highest BCUT2D eigenvalue weighted by molar-refractivity contribution is 5.97. The Morgan fingerprint density at radius 3 is 2.11 bits per heavy atom. The maximum atomic E-state index is 12.3. The first-order valence-electron chi connectivity index (χ1n) is 8.31. The molecule has 27 heavy (non-hydrogen) atoms. The Kier molecular flexibility index (Phi) is 6.12. The lowest BCUT2D eigenvalue weighted by Crippen LogP contribution is -2.37. The topological polar surface area (TPSA) is 105 Å². The van der Waals surface area contributed by atoms with Crippen molar-refractivity contribution in [1.82, 2.24) is 4.90 Å². The number of urea groups is 1. The van der Waals surface area contributed by atoms with Crippen molar-refractivity contribution >= 4 is 29.0 Å². The van der Waals surface area contributed by atoms with Gasteiger partial charge in [-0.25, -0.2) is 4.79 Å². The minimum atomic E-state index is -0.517. The Bertz CT molecular complexity index is 855. The monoisotopic (exact) mass is 370 g/mol. The summed E-state index contributed by atoms with van der Waals surface area (Å²) in [6.45, 7) is 5.69.